The summed E-state index contributed by atoms with van der Waals surface area (Å²) in [7, 11) is 1.45. The van der Waals surface area contributed by atoms with Gasteiger partial charge in [0, 0.05) is 11.6 Å². The van der Waals surface area contributed by atoms with Gasteiger partial charge in [-0.1, -0.05) is 30.3 Å². The second-order valence-electron chi connectivity index (χ2n) is 7.51. The Morgan fingerprint density at radius 1 is 0.919 bits per heavy atom. The van der Waals surface area contributed by atoms with Gasteiger partial charge in [0.15, 0.2) is 11.5 Å². The van der Waals surface area contributed by atoms with Gasteiger partial charge in [0.05, 0.1) is 26.5 Å². The van der Waals surface area contributed by atoms with Crippen molar-refractivity contribution in [2.45, 2.75) is 6.92 Å². The first kappa shape index (κ1) is 26.7. The zero-order valence-corrected chi connectivity index (χ0v) is 20.5. The molecule has 0 bridgehead atoms. The summed E-state index contributed by atoms with van der Waals surface area (Å²) in [6.45, 7) is 2.15. The molecule has 0 spiro atoms. The molecule has 9 nitrogen and oxygen atoms in total. The SMILES string of the molecule is CCOc1ccc(C(=O)NCC(=O)N/N=C/c2ccc(OC(=O)/C=C/c3ccccc3)c(OC)c2)cc1. The van der Waals surface area contributed by atoms with Crippen LogP contribution in [-0.2, 0) is 9.59 Å². The lowest BCUT2D eigenvalue weighted by Crippen LogP contribution is -2.34. The maximum atomic E-state index is 12.2. The van der Waals surface area contributed by atoms with E-state index in [2.05, 4.69) is 15.8 Å². The summed E-state index contributed by atoms with van der Waals surface area (Å²) in [6, 6.07) is 20.8. The monoisotopic (exact) mass is 501 g/mol. The maximum Gasteiger partial charge on any atom is 0.336 e. The number of hydrogen-bond donors (Lipinski definition) is 2. The van der Waals surface area contributed by atoms with Crippen molar-refractivity contribution in [1.29, 1.82) is 0 Å². The van der Waals surface area contributed by atoms with Crippen LogP contribution in [0.3, 0.4) is 0 Å². The molecule has 37 heavy (non-hydrogen) atoms. The van der Waals surface area contributed by atoms with Crippen molar-refractivity contribution in [1.82, 2.24) is 10.7 Å². The van der Waals surface area contributed by atoms with Crippen molar-refractivity contribution in [3.05, 3.63) is 95.6 Å². The molecule has 190 valence electrons. The van der Waals surface area contributed by atoms with Crippen LogP contribution >= 0.6 is 0 Å². The van der Waals surface area contributed by atoms with Crippen LogP contribution < -0.4 is 25.0 Å². The van der Waals surface area contributed by atoms with Crippen molar-refractivity contribution < 1.29 is 28.6 Å². The normalized spacial score (nSPS) is 10.8. The molecule has 3 rings (SSSR count). The summed E-state index contributed by atoms with van der Waals surface area (Å²) in [5.41, 5.74) is 4.21. The van der Waals surface area contributed by atoms with Crippen LogP contribution in [0, 0.1) is 0 Å². The summed E-state index contributed by atoms with van der Waals surface area (Å²) >= 11 is 0. The fourth-order valence-electron chi connectivity index (χ4n) is 3.07. The Balaban J connectivity index is 1.48. The minimum atomic E-state index is -0.553. The Labute approximate surface area is 214 Å². The average Bonchev–Trinajstić information content (AvgIpc) is 2.92. The Bertz CT molecular complexity index is 1270. The van der Waals surface area contributed by atoms with Crippen LogP contribution in [0.15, 0.2) is 84.0 Å². The molecule has 2 amide bonds. The lowest BCUT2D eigenvalue weighted by Gasteiger charge is -2.08. The second-order valence-corrected chi connectivity index (χ2v) is 7.51. The molecule has 3 aromatic carbocycles. The first-order valence-corrected chi connectivity index (χ1v) is 11.4. The van der Waals surface area contributed by atoms with Gasteiger partial charge in [-0.3, -0.25) is 9.59 Å². The summed E-state index contributed by atoms with van der Waals surface area (Å²) in [5.74, 6) is -0.228. The van der Waals surface area contributed by atoms with E-state index >= 15 is 0 Å². The van der Waals surface area contributed by atoms with E-state index in [0.29, 0.717) is 29.2 Å². The van der Waals surface area contributed by atoms with E-state index < -0.39 is 17.8 Å². The molecular weight excluding hydrogens is 474 g/mol. The van der Waals surface area contributed by atoms with Crippen LogP contribution in [0.4, 0.5) is 0 Å². The highest BCUT2D eigenvalue weighted by molar-refractivity contribution is 5.96. The largest absolute Gasteiger partial charge is 0.494 e. The zero-order chi connectivity index (χ0) is 26.5. The highest BCUT2D eigenvalue weighted by atomic mass is 16.6. The molecule has 0 aliphatic carbocycles. The quantitative estimate of drug-likeness (QED) is 0.136. The van der Waals surface area contributed by atoms with Crippen LogP contribution in [-0.4, -0.2) is 44.3 Å². The lowest BCUT2D eigenvalue weighted by atomic mass is 10.2. The number of carbonyl (C=O) groups is 3. The molecule has 3 aromatic rings. The van der Waals surface area contributed by atoms with Crippen molar-refractivity contribution in [3.63, 3.8) is 0 Å². The van der Waals surface area contributed by atoms with E-state index in [1.807, 2.05) is 37.3 Å². The van der Waals surface area contributed by atoms with Gasteiger partial charge in [-0.2, -0.15) is 5.10 Å². The number of amides is 2. The second kappa shape index (κ2) is 13.8. The third kappa shape index (κ3) is 8.66. The highest BCUT2D eigenvalue weighted by Gasteiger charge is 2.10. The minimum absolute atomic E-state index is 0.239. The first-order valence-electron chi connectivity index (χ1n) is 11.4. The van der Waals surface area contributed by atoms with E-state index in [9.17, 15) is 14.4 Å². The Kier molecular flexibility index (Phi) is 9.98. The Hall–Kier alpha value is -4.92. The van der Waals surface area contributed by atoms with Gasteiger partial charge < -0.3 is 19.5 Å². The molecule has 9 heteroatoms. The number of hydrazone groups is 1. The van der Waals surface area contributed by atoms with Crippen molar-refractivity contribution in [2.24, 2.45) is 5.10 Å². The van der Waals surface area contributed by atoms with Crippen LogP contribution in [0.2, 0.25) is 0 Å². The Morgan fingerprint density at radius 2 is 1.68 bits per heavy atom. The number of ether oxygens (including phenoxy) is 3. The van der Waals surface area contributed by atoms with Crippen molar-refractivity contribution >= 4 is 30.1 Å². The number of benzene rings is 3. The summed E-state index contributed by atoms with van der Waals surface area (Å²) in [4.78, 5) is 36.4. The average molecular weight is 502 g/mol. The fourth-order valence-corrected chi connectivity index (χ4v) is 3.07. The molecule has 0 heterocycles. The molecule has 0 aromatic heterocycles. The third-order valence-corrected chi connectivity index (χ3v) is 4.85. The molecule has 0 radical (unpaired) electrons. The molecule has 2 N–H and O–H groups in total. The number of nitrogens with one attached hydrogen (secondary N) is 2. The molecule has 0 atom stereocenters. The van der Waals surface area contributed by atoms with Gasteiger partial charge in [0.1, 0.15) is 5.75 Å². The topological polar surface area (TPSA) is 115 Å². The standard InChI is InChI=1S/C28H27N3O6/c1-3-36-23-13-11-22(12-14-23)28(34)29-19-26(32)31-30-18-21-9-15-24(25(17-21)35-2)37-27(33)16-10-20-7-5-4-6-8-20/h4-18H,3,19H2,1-2H3,(H,29,34)(H,31,32)/b16-10+,30-18+. The minimum Gasteiger partial charge on any atom is -0.494 e. The van der Waals surface area contributed by atoms with Gasteiger partial charge >= 0.3 is 5.97 Å². The number of hydrogen-bond acceptors (Lipinski definition) is 7. The predicted octanol–water partition coefficient (Wildman–Crippen LogP) is 3.59. The molecular formula is C28H27N3O6. The number of methoxy groups -OCH3 is 1. The van der Waals surface area contributed by atoms with E-state index in [1.165, 1.54) is 19.4 Å². The molecule has 0 aliphatic heterocycles. The van der Waals surface area contributed by atoms with Crippen LogP contribution in [0.25, 0.3) is 6.08 Å². The zero-order valence-electron chi connectivity index (χ0n) is 20.5. The molecule has 0 fully saturated rings. The molecule has 0 saturated heterocycles. The van der Waals surface area contributed by atoms with Gasteiger partial charge in [-0.15, -0.1) is 0 Å². The molecule has 0 unspecified atom stereocenters. The number of nitrogens with zero attached hydrogens (tertiary/aromatic N) is 1. The van der Waals surface area contributed by atoms with Gasteiger partial charge in [-0.05, 0) is 66.6 Å². The highest BCUT2D eigenvalue weighted by Crippen LogP contribution is 2.27. The smallest absolute Gasteiger partial charge is 0.336 e. The van der Waals surface area contributed by atoms with E-state index in [0.717, 1.165) is 5.56 Å². The number of esters is 1. The van der Waals surface area contributed by atoms with Crippen LogP contribution in [0.5, 0.6) is 17.2 Å². The van der Waals surface area contributed by atoms with Gasteiger partial charge in [0.25, 0.3) is 11.8 Å². The van der Waals surface area contributed by atoms with Crippen molar-refractivity contribution in [2.75, 3.05) is 20.3 Å². The van der Waals surface area contributed by atoms with Gasteiger partial charge in [-0.25, -0.2) is 10.2 Å². The summed E-state index contributed by atoms with van der Waals surface area (Å²) < 4.78 is 16.0. The van der Waals surface area contributed by atoms with Crippen LogP contribution in [0.1, 0.15) is 28.4 Å². The Morgan fingerprint density at radius 3 is 2.38 bits per heavy atom. The number of carbonyl (C=O) groups excluding carboxylic acids is 3. The lowest BCUT2D eigenvalue weighted by molar-refractivity contribution is -0.129. The third-order valence-electron chi connectivity index (χ3n) is 4.85. The summed E-state index contributed by atoms with van der Waals surface area (Å²) in [6.07, 6.45) is 4.38. The fraction of sp³-hybridized carbons (Fsp3) is 0.143. The first-order chi connectivity index (χ1) is 18.0. The van der Waals surface area contributed by atoms with Gasteiger partial charge in [0.2, 0.25) is 0 Å². The van der Waals surface area contributed by atoms with E-state index in [4.69, 9.17) is 14.2 Å². The predicted molar refractivity (Wildman–Crippen MR) is 140 cm³/mol. The summed E-state index contributed by atoms with van der Waals surface area (Å²) in [5, 5.41) is 6.41. The molecule has 0 saturated carbocycles. The van der Waals surface area contributed by atoms with E-state index in [1.54, 1.807) is 48.5 Å². The van der Waals surface area contributed by atoms with E-state index in [-0.39, 0.29) is 12.3 Å². The van der Waals surface area contributed by atoms with Crippen molar-refractivity contribution in [3.8, 4) is 17.2 Å². The number of rotatable bonds is 11. The molecule has 0 aliphatic rings. The maximum absolute atomic E-state index is 12.2.